The van der Waals surface area contributed by atoms with Gasteiger partial charge in [-0.15, -0.1) is 0 Å². The van der Waals surface area contributed by atoms with Crippen LogP contribution in [0.4, 0.5) is 0 Å². The average molecular weight is 984 g/mol. The summed E-state index contributed by atoms with van der Waals surface area (Å²) in [5.74, 6) is -0.886. The van der Waals surface area contributed by atoms with Crippen LogP contribution in [0.2, 0.25) is 0 Å². The molecule has 0 radical (unpaired) electrons. The van der Waals surface area contributed by atoms with Gasteiger partial charge in [0, 0.05) is 19.3 Å². The van der Waals surface area contributed by atoms with Gasteiger partial charge in [0.05, 0.1) is 0 Å². The van der Waals surface area contributed by atoms with Crippen LogP contribution in [0.5, 0.6) is 0 Å². The Morgan fingerprint density at radius 1 is 0.286 bits per heavy atom. The van der Waals surface area contributed by atoms with E-state index in [4.69, 9.17) is 14.2 Å². The van der Waals surface area contributed by atoms with Crippen LogP contribution in [0.3, 0.4) is 0 Å². The lowest BCUT2D eigenvalue weighted by Gasteiger charge is -2.18. The maximum atomic E-state index is 12.8. The highest BCUT2D eigenvalue weighted by molar-refractivity contribution is 5.71. The van der Waals surface area contributed by atoms with E-state index in [0.29, 0.717) is 19.3 Å². The first kappa shape index (κ1) is 67.6. The Balaban J connectivity index is 4.10. The highest BCUT2D eigenvalue weighted by atomic mass is 16.6. The molecular weight excluding hydrogens is 865 g/mol. The van der Waals surface area contributed by atoms with Crippen molar-refractivity contribution in [2.45, 2.75) is 341 Å². The number of rotatable bonds is 57. The molecule has 70 heavy (non-hydrogen) atoms. The fourth-order valence-corrected chi connectivity index (χ4v) is 9.17. The van der Waals surface area contributed by atoms with Gasteiger partial charge >= 0.3 is 17.9 Å². The van der Waals surface area contributed by atoms with Gasteiger partial charge in [-0.1, -0.05) is 288 Å². The van der Waals surface area contributed by atoms with Crippen molar-refractivity contribution in [1.29, 1.82) is 0 Å². The second kappa shape index (κ2) is 59.2. The molecule has 0 aliphatic rings. The molecular formula is C64H118O6. The summed E-state index contributed by atoms with van der Waals surface area (Å²) >= 11 is 0. The van der Waals surface area contributed by atoms with Crippen molar-refractivity contribution in [2.24, 2.45) is 0 Å². The smallest absolute Gasteiger partial charge is 0.306 e. The van der Waals surface area contributed by atoms with E-state index in [1.54, 1.807) is 0 Å². The molecule has 1 unspecified atom stereocenters. The van der Waals surface area contributed by atoms with Gasteiger partial charge in [0.2, 0.25) is 0 Å². The Labute approximate surface area is 435 Å². The molecule has 0 aromatic heterocycles. The van der Waals surface area contributed by atoms with Gasteiger partial charge in [-0.2, -0.15) is 0 Å². The van der Waals surface area contributed by atoms with Crippen molar-refractivity contribution in [2.75, 3.05) is 13.2 Å². The fraction of sp³-hybridized carbons (Fsp3) is 0.859. The zero-order chi connectivity index (χ0) is 50.7. The summed E-state index contributed by atoms with van der Waals surface area (Å²) in [6, 6.07) is 0. The second-order valence-corrected chi connectivity index (χ2v) is 21.0. The number of hydrogen-bond donors (Lipinski definition) is 0. The van der Waals surface area contributed by atoms with Crippen LogP contribution < -0.4 is 0 Å². The van der Waals surface area contributed by atoms with Gasteiger partial charge < -0.3 is 14.2 Å². The van der Waals surface area contributed by atoms with Gasteiger partial charge in [0.1, 0.15) is 13.2 Å². The zero-order valence-electron chi connectivity index (χ0n) is 47.1. The topological polar surface area (TPSA) is 78.9 Å². The van der Waals surface area contributed by atoms with E-state index in [1.165, 1.54) is 199 Å². The molecule has 1 atom stereocenters. The Hall–Kier alpha value is -2.37. The molecule has 0 aromatic rings. The summed E-state index contributed by atoms with van der Waals surface area (Å²) in [6.07, 6.45) is 71.8. The first-order valence-corrected chi connectivity index (χ1v) is 31.0. The van der Waals surface area contributed by atoms with Crippen LogP contribution in [0.15, 0.2) is 36.5 Å². The molecule has 6 heteroatoms. The highest BCUT2D eigenvalue weighted by Crippen LogP contribution is 2.18. The minimum atomic E-state index is -0.780. The number of carbonyl (C=O) groups is 3. The van der Waals surface area contributed by atoms with Crippen LogP contribution in [0.25, 0.3) is 0 Å². The fourth-order valence-electron chi connectivity index (χ4n) is 9.17. The predicted molar refractivity (Wildman–Crippen MR) is 302 cm³/mol. The second-order valence-electron chi connectivity index (χ2n) is 21.0. The molecule has 0 aliphatic carbocycles. The van der Waals surface area contributed by atoms with Crippen molar-refractivity contribution in [3.05, 3.63) is 36.5 Å². The normalized spacial score (nSPS) is 12.2. The standard InChI is InChI=1S/C64H118O6/c1-4-7-10-13-16-19-22-24-26-27-28-29-30-31-32-33-34-35-36-37-38-39-41-42-45-48-51-54-57-63(66)69-60-61(59-68-62(65)56-53-50-47-44-21-18-15-12-9-6-3)70-64(67)58-55-52-49-46-43-40-25-23-20-17-14-11-8-5-2/h12,14-15,17,23,25,61H,4-11,13,16,18-22,24,26-60H2,1-3H3/b15-12-,17-14-,25-23-. The van der Waals surface area contributed by atoms with Crippen LogP contribution in [-0.4, -0.2) is 37.2 Å². The van der Waals surface area contributed by atoms with E-state index in [1.807, 2.05) is 0 Å². The molecule has 0 aliphatic heterocycles. The third kappa shape index (κ3) is 56.5. The first-order valence-electron chi connectivity index (χ1n) is 31.0. The summed E-state index contributed by atoms with van der Waals surface area (Å²) in [5.41, 5.74) is 0. The van der Waals surface area contributed by atoms with E-state index >= 15 is 0 Å². The molecule has 0 N–H and O–H groups in total. The van der Waals surface area contributed by atoms with Gasteiger partial charge in [-0.05, 0) is 64.2 Å². The van der Waals surface area contributed by atoms with Crippen LogP contribution in [-0.2, 0) is 28.6 Å². The van der Waals surface area contributed by atoms with Crippen molar-refractivity contribution >= 4 is 17.9 Å². The molecule has 0 bridgehead atoms. The summed E-state index contributed by atoms with van der Waals surface area (Å²) < 4.78 is 16.8. The quantitative estimate of drug-likeness (QED) is 0.0261. The average Bonchev–Trinajstić information content (AvgIpc) is 3.36. The predicted octanol–water partition coefficient (Wildman–Crippen LogP) is 20.8. The number of hydrogen-bond acceptors (Lipinski definition) is 6. The van der Waals surface area contributed by atoms with Crippen molar-refractivity contribution in [3.63, 3.8) is 0 Å². The Bertz CT molecular complexity index is 1170. The summed E-state index contributed by atoms with van der Waals surface area (Å²) in [5, 5.41) is 0. The third-order valence-electron chi connectivity index (χ3n) is 13.8. The number of esters is 3. The first-order chi connectivity index (χ1) is 34.5. The lowest BCUT2D eigenvalue weighted by atomic mass is 10.0. The van der Waals surface area contributed by atoms with Crippen LogP contribution >= 0.6 is 0 Å². The van der Waals surface area contributed by atoms with Crippen molar-refractivity contribution in [3.8, 4) is 0 Å². The molecule has 0 fully saturated rings. The summed E-state index contributed by atoms with van der Waals surface area (Å²) in [7, 11) is 0. The van der Waals surface area contributed by atoms with Gasteiger partial charge in [0.15, 0.2) is 6.10 Å². The van der Waals surface area contributed by atoms with Gasteiger partial charge in [-0.25, -0.2) is 0 Å². The minimum absolute atomic E-state index is 0.0772. The largest absolute Gasteiger partial charge is 0.462 e. The number of allylic oxidation sites excluding steroid dienone is 6. The van der Waals surface area contributed by atoms with E-state index in [2.05, 4.69) is 57.2 Å². The maximum Gasteiger partial charge on any atom is 0.306 e. The molecule has 0 rings (SSSR count). The van der Waals surface area contributed by atoms with Gasteiger partial charge in [0.25, 0.3) is 0 Å². The lowest BCUT2D eigenvalue weighted by molar-refractivity contribution is -0.167. The van der Waals surface area contributed by atoms with Crippen LogP contribution in [0.1, 0.15) is 335 Å². The molecule has 0 saturated carbocycles. The molecule has 0 spiro atoms. The molecule has 0 heterocycles. The molecule has 0 aromatic carbocycles. The maximum absolute atomic E-state index is 12.8. The Morgan fingerprint density at radius 2 is 0.557 bits per heavy atom. The van der Waals surface area contributed by atoms with E-state index in [-0.39, 0.29) is 31.1 Å². The SMILES string of the molecule is CCC/C=C\CCCCCCCC(=O)OCC(COC(=O)CCCCCCCCCCCCCCCCCCCCCCCCCCCCCC)OC(=O)CCCCCCC/C=C\C/C=C\CCCC. The number of unbranched alkanes of at least 4 members (excludes halogenated alkanes) is 40. The van der Waals surface area contributed by atoms with E-state index in [0.717, 1.165) is 96.3 Å². The molecule has 6 nitrogen and oxygen atoms in total. The minimum Gasteiger partial charge on any atom is -0.462 e. The monoisotopic (exact) mass is 983 g/mol. The molecule has 410 valence electrons. The number of carbonyl (C=O) groups excluding carboxylic acids is 3. The molecule has 0 saturated heterocycles. The number of ether oxygens (including phenoxy) is 3. The van der Waals surface area contributed by atoms with E-state index in [9.17, 15) is 14.4 Å². The Morgan fingerprint density at radius 3 is 0.900 bits per heavy atom. The summed E-state index contributed by atoms with van der Waals surface area (Å²) in [6.45, 7) is 6.56. The van der Waals surface area contributed by atoms with Crippen molar-refractivity contribution < 1.29 is 28.6 Å². The third-order valence-corrected chi connectivity index (χ3v) is 13.8. The van der Waals surface area contributed by atoms with E-state index < -0.39 is 6.10 Å². The summed E-state index contributed by atoms with van der Waals surface area (Å²) in [4.78, 5) is 38.1. The zero-order valence-corrected chi connectivity index (χ0v) is 47.1. The van der Waals surface area contributed by atoms with Crippen LogP contribution in [0, 0.1) is 0 Å². The van der Waals surface area contributed by atoms with Gasteiger partial charge in [-0.3, -0.25) is 14.4 Å². The highest BCUT2D eigenvalue weighted by Gasteiger charge is 2.19. The lowest BCUT2D eigenvalue weighted by Crippen LogP contribution is -2.30. The van der Waals surface area contributed by atoms with Crippen molar-refractivity contribution in [1.82, 2.24) is 0 Å². The Kier molecular flexibility index (Phi) is 57.2. The molecule has 0 amide bonds.